The van der Waals surface area contributed by atoms with Gasteiger partial charge in [0.25, 0.3) is 0 Å². The van der Waals surface area contributed by atoms with Gasteiger partial charge in [-0.1, -0.05) is 129 Å². The lowest BCUT2D eigenvalue weighted by molar-refractivity contribution is -0.159. The van der Waals surface area contributed by atoms with Gasteiger partial charge in [0.05, 0.1) is 11.8 Å². The Morgan fingerprint density at radius 3 is 1.71 bits per heavy atom. The maximum atomic E-state index is 14.6. The minimum atomic E-state index is -1.70. The second-order valence-corrected chi connectivity index (χ2v) is 20.6. The quantitative estimate of drug-likeness (QED) is 0.0965. The number of carboxylic acids is 1. The van der Waals surface area contributed by atoms with Gasteiger partial charge in [-0.05, 0) is 72.8 Å². The number of carbonyl (C=O) groups excluding carboxylic acids is 6. The van der Waals surface area contributed by atoms with Crippen molar-refractivity contribution in [2.24, 2.45) is 28.1 Å². The van der Waals surface area contributed by atoms with Gasteiger partial charge in [0.1, 0.15) is 30.9 Å². The van der Waals surface area contributed by atoms with Crippen LogP contribution in [0.25, 0.3) is 0 Å². The van der Waals surface area contributed by atoms with Crippen LogP contribution in [0.4, 0.5) is 0 Å². The van der Waals surface area contributed by atoms with E-state index < -0.39 is 95.5 Å². The molecule has 15 nitrogen and oxygen atoms in total. The molecule has 1 aliphatic heterocycles. The van der Waals surface area contributed by atoms with Crippen LogP contribution in [-0.2, 0) is 46.4 Å². The molecule has 1 heterocycles. The SMILES string of the molecule is CC(C)C(NC(=O)C(Cc1ccccc1)Cc1ccccc1)C(=O)NC(C(=O)NC(CC(=O)N1CCCC1)C(=O)NC(C(=O)N(CO)CCC(C)(C)C)C1(C(=O)O)CCCC1)C(C)(C)C. The van der Waals surface area contributed by atoms with Crippen molar-refractivity contribution in [2.45, 2.75) is 144 Å². The number of benzene rings is 2. The first-order valence-corrected chi connectivity index (χ1v) is 23.3. The number of amides is 6. The molecule has 1 saturated carbocycles. The summed E-state index contributed by atoms with van der Waals surface area (Å²) in [6.45, 7) is 15.0. The van der Waals surface area contributed by atoms with Crippen LogP contribution in [0, 0.1) is 28.1 Å². The number of carboxylic acid groups (broad SMARTS) is 1. The van der Waals surface area contributed by atoms with Gasteiger partial charge in [-0.3, -0.25) is 33.6 Å². The maximum Gasteiger partial charge on any atom is 0.312 e. The van der Waals surface area contributed by atoms with E-state index in [1.807, 2.05) is 81.4 Å². The number of hydrogen-bond acceptors (Lipinski definition) is 8. The molecule has 0 bridgehead atoms. The zero-order chi connectivity index (χ0) is 48.1. The Morgan fingerprint density at radius 1 is 0.708 bits per heavy atom. The lowest BCUT2D eigenvalue weighted by Gasteiger charge is -2.38. The summed E-state index contributed by atoms with van der Waals surface area (Å²) in [6.07, 6.45) is 3.53. The summed E-state index contributed by atoms with van der Waals surface area (Å²) in [5.74, 6) is -6.08. The number of nitrogens with one attached hydrogen (secondary N) is 4. The average Bonchev–Trinajstić information content (AvgIpc) is 3.98. The molecule has 6 N–H and O–H groups in total. The first-order chi connectivity index (χ1) is 30.6. The highest BCUT2D eigenvalue weighted by Crippen LogP contribution is 2.42. The highest BCUT2D eigenvalue weighted by molar-refractivity contribution is 5.99. The van der Waals surface area contributed by atoms with Crippen LogP contribution >= 0.6 is 0 Å². The Hall–Kier alpha value is -5.31. The Morgan fingerprint density at radius 2 is 1.25 bits per heavy atom. The smallest absolute Gasteiger partial charge is 0.312 e. The van der Waals surface area contributed by atoms with Crippen molar-refractivity contribution < 1.29 is 43.8 Å². The summed E-state index contributed by atoms with van der Waals surface area (Å²) < 4.78 is 0. The Kier molecular flexibility index (Phi) is 18.7. The number of nitrogens with zero attached hydrogens (tertiary/aromatic N) is 2. The molecule has 2 fully saturated rings. The van der Waals surface area contributed by atoms with Crippen LogP contribution in [0.2, 0.25) is 0 Å². The molecular weight excluding hydrogens is 829 g/mol. The minimum absolute atomic E-state index is 0.0895. The number of rotatable bonds is 21. The third-order valence-corrected chi connectivity index (χ3v) is 12.8. The van der Waals surface area contributed by atoms with E-state index in [4.69, 9.17) is 0 Å². The topological polar surface area (TPSA) is 215 Å². The zero-order valence-electron chi connectivity index (χ0n) is 39.8. The zero-order valence-corrected chi connectivity index (χ0v) is 39.8. The number of likely N-dealkylation sites (tertiary alicyclic amines) is 1. The van der Waals surface area contributed by atoms with E-state index in [0.29, 0.717) is 45.2 Å². The molecule has 0 aromatic heterocycles. The molecule has 4 unspecified atom stereocenters. The summed E-state index contributed by atoms with van der Waals surface area (Å²) in [5.41, 5.74) is -0.969. The van der Waals surface area contributed by atoms with Crippen LogP contribution < -0.4 is 21.3 Å². The van der Waals surface area contributed by atoms with E-state index in [-0.39, 0.29) is 30.7 Å². The molecule has 65 heavy (non-hydrogen) atoms. The summed E-state index contributed by atoms with van der Waals surface area (Å²) in [4.78, 5) is 101. The van der Waals surface area contributed by atoms with E-state index in [1.165, 1.54) is 0 Å². The van der Waals surface area contributed by atoms with E-state index in [0.717, 1.165) is 28.9 Å². The van der Waals surface area contributed by atoms with Crippen molar-refractivity contribution in [3.63, 3.8) is 0 Å². The third kappa shape index (κ3) is 14.9. The van der Waals surface area contributed by atoms with Crippen molar-refractivity contribution in [1.29, 1.82) is 0 Å². The fraction of sp³-hybridized carbons (Fsp3) is 0.620. The summed E-state index contributed by atoms with van der Waals surface area (Å²) >= 11 is 0. The van der Waals surface area contributed by atoms with Gasteiger partial charge >= 0.3 is 5.97 Å². The predicted molar refractivity (Wildman–Crippen MR) is 248 cm³/mol. The van der Waals surface area contributed by atoms with Gasteiger partial charge in [0.2, 0.25) is 35.4 Å². The van der Waals surface area contributed by atoms with Gasteiger partial charge in [-0.25, -0.2) is 0 Å². The van der Waals surface area contributed by atoms with E-state index in [2.05, 4.69) is 21.3 Å². The number of aliphatic hydroxyl groups excluding tert-OH is 1. The van der Waals surface area contributed by atoms with Crippen LogP contribution in [0.1, 0.15) is 118 Å². The van der Waals surface area contributed by atoms with Gasteiger partial charge in [-0.2, -0.15) is 0 Å². The molecule has 15 heteroatoms. The van der Waals surface area contributed by atoms with Crippen molar-refractivity contribution in [3.05, 3.63) is 71.8 Å². The summed E-state index contributed by atoms with van der Waals surface area (Å²) in [7, 11) is 0. The summed E-state index contributed by atoms with van der Waals surface area (Å²) in [6, 6.07) is 13.7. The standard InChI is InChI=1S/C50H74N6O9/c1-33(2)39(52-42(59)36(29-34-19-11-9-12-20-34)30-35-21-13-10-14-22-35)44(61)53-40(49(6,7)8)45(62)51-37(31-38(58)55-26-17-18-27-55)43(60)54-41(50(47(64)65)23-15-16-24-50)46(63)56(32-57)28-25-48(3,4)5/h9-14,19-22,33,36-37,39-41,57H,15-18,23-32H2,1-8H3,(H,51,62)(H,52,59)(H,53,61)(H,54,60)(H,64,65). The molecule has 2 aromatic carbocycles. The molecule has 2 aromatic rings. The minimum Gasteiger partial charge on any atom is -0.481 e. The van der Waals surface area contributed by atoms with E-state index in [1.54, 1.807) is 39.5 Å². The van der Waals surface area contributed by atoms with E-state index in [9.17, 15) is 43.8 Å². The Labute approximate surface area is 385 Å². The third-order valence-electron chi connectivity index (χ3n) is 12.8. The monoisotopic (exact) mass is 903 g/mol. The second-order valence-electron chi connectivity index (χ2n) is 20.6. The first-order valence-electron chi connectivity index (χ1n) is 23.3. The van der Waals surface area contributed by atoms with Gasteiger partial charge in [-0.15, -0.1) is 0 Å². The van der Waals surface area contributed by atoms with Gasteiger partial charge in [0.15, 0.2) is 0 Å². The molecule has 2 aliphatic rings. The molecule has 6 amide bonds. The van der Waals surface area contributed by atoms with E-state index >= 15 is 0 Å². The van der Waals surface area contributed by atoms with Crippen molar-refractivity contribution in [1.82, 2.24) is 31.1 Å². The lowest BCUT2D eigenvalue weighted by atomic mass is 9.77. The van der Waals surface area contributed by atoms with Gasteiger partial charge in [0, 0.05) is 25.6 Å². The highest BCUT2D eigenvalue weighted by Gasteiger charge is 2.53. The molecule has 4 atom stereocenters. The van der Waals surface area contributed by atoms with Crippen molar-refractivity contribution >= 4 is 41.4 Å². The molecular formula is C50H74N6O9. The fourth-order valence-electron chi connectivity index (χ4n) is 8.72. The molecule has 358 valence electrons. The molecule has 1 aliphatic carbocycles. The first kappa shape index (κ1) is 52.3. The van der Waals surface area contributed by atoms with Crippen molar-refractivity contribution in [2.75, 3.05) is 26.4 Å². The van der Waals surface area contributed by atoms with Crippen LogP contribution in [0.3, 0.4) is 0 Å². The van der Waals surface area contributed by atoms with Crippen LogP contribution in [0.15, 0.2) is 60.7 Å². The Balaban J connectivity index is 1.62. The predicted octanol–water partition coefficient (Wildman–Crippen LogP) is 4.60. The molecule has 1 saturated heterocycles. The average molecular weight is 903 g/mol. The molecule has 0 radical (unpaired) electrons. The highest BCUT2D eigenvalue weighted by atomic mass is 16.4. The number of carbonyl (C=O) groups is 7. The fourth-order valence-corrected chi connectivity index (χ4v) is 8.72. The number of hydrogen-bond donors (Lipinski definition) is 6. The number of aliphatic hydroxyl groups is 1. The number of aliphatic carboxylic acids is 1. The Bertz CT molecular complexity index is 1890. The summed E-state index contributed by atoms with van der Waals surface area (Å²) in [5, 5.41) is 32.2. The normalized spacial score (nSPS) is 16.9. The second kappa shape index (κ2) is 23.2. The van der Waals surface area contributed by atoms with Crippen LogP contribution in [-0.4, -0.2) is 112 Å². The molecule has 0 spiro atoms. The lowest BCUT2D eigenvalue weighted by Crippen LogP contribution is -2.64. The maximum absolute atomic E-state index is 14.6. The van der Waals surface area contributed by atoms with Gasteiger partial charge < -0.3 is 41.3 Å². The molecule has 4 rings (SSSR count). The van der Waals surface area contributed by atoms with Crippen molar-refractivity contribution in [3.8, 4) is 0 Å². The largest absolute Gasteiger partial charge is 0.481 e. The van der Waals surface area contributed by atoms with Crippen LogP contribution in [0.5, 0.6) is 0 Å².